The SMILES string of the molecule is CNCCN(C)C(=O)c1ccccc1OCc1cccc(Br)c1.Cl. The van der Waals surface area contributed by atoms with E-state index in [2.05, 4.69) is 21.2 Å². The molecule has 0 atom stereocenters. The first-order valence-corrected chi connectivity index (χ1v) is 8.27. The summed E-state index contributed by atoms with van der Waals surface area (Å²) < 4.78 is 6.88. The van der Waals surface area contributed by atoms with Gasteiger partial charge < -0.3 is 15.0 Å². The minimum atomic E-state index is -0.0370. The van der Waals surface area contributed by atoms with Crippen LogP contribution in [0.25, 0.3) is 0 Å². The molecule has 24 heavy (non-hydrogen) atoms. The second-order valence-corrected chi connectivity index (χ2v) is 6.16. The van der Waals surface area contributed by atoms with Crippen LogP contribution < -0.4 is 10.1 Å². The van der Waals surface area contributed by atoms with Gasteiger partial charge in [0, 0.05) is 24.6 Å². The molecule has 0 aliphatic rings. The summed E-state index contributed by atoms with van der Waals surface area (Å²) in [6.07, 6.45) is 0. The first-order chi connectivity index (χ1) is 11.1. The lowest BCUT2D eigenvalue weighted by Crippen LogP contribution is -2.33. The first-order valence-electron chi connectivity index (χ1n) is 7.48. The van der Waals surface area contributed by atoms with E-state index in [4.69, 9.17) is 4.74 Å². The third kappa shape index (κ3) is 5.82. The van der Waals surface area contributed by atoms with Gasteiger partial charge in [0.1, 0.15) is 12.4 Å². The number of carbonyl (C=O) groups is 1. The smallest absolute Gasteiger partial charge is 0.257 e. The Bertz CT molecular complexity index is 667. The van der Waals surface area contributed by atoms with Crippen molar-refractivity contribution in [3.8, 4) is 5.75 Å². The van der Waals surface area contributed by atoms with Crippen LogP contribution in [-0.2, 0) is 6.61 Å². The highest BCUT2D eigenvalue weighted by Crippen LogP contribution is 2.21. The molecule has 0 fully saturated rings. The molecule has 1 N–H and O–H groups in total. The molecule has 0 saturated heterocycles. The van der Waals surface area contributed by atoms with Gasteiger partial charge in [0.05, 0.1) is 5.56 Å². The zero-order valence-electron chi connectivity index (χ0n) is 13.8. The fraction of sp³-hybridized carbons (Fsp3) is 0.278. The maximum Gasteiger partial charge on any atom is 0.257 e. The van der Waals surface area contributed by atoms with Crippen molar-refractivity contribution in [2.45, 2.75) is 6.61 Å². The summed E-state index contributed by atoms with van der Waals surface area (Å²) in [5.41, 5.74) is 1.63. The Balaban J connectivity index is 0.00000288. The number of nitrogens with one attached hydrogen (secondary N) is 1. The molecule has 0 spiro atoms. The molecule has 2 aromatic rings. The molecule has 0 unspecified atom stereocenters. The molecule has 0 bridgehead atoms. The molecule has 0 heterocycles. The molecule has 2 rings (SSSR count). The minimum Gasteiger partial charge on any atom is -0.488 e. The van der Waals surface area contributed by atoms with Crippen molar-refractivity contribution in [1.29, 1.82) is 0 Å². The molecule has 0 radical (unpaired) electrons. The second kappa shape index (κ2) is 10.3. The summed E-state index contributed by atoms with van der Waals surface area (Å²) in [7, 11) is 3.66. The van der Waals surface area contributed by atoms with Crippen LogP contribution in [-0.4, -0.2) is 38.0 Å². The van der Waals surface area contributed by atoms with Crippen LogP contribution in [0.3, 0.4) is 0 Å². The summed E-state index contributed by atoms with van der Waals surface area (Å²) >= 11 is 3.45. The van der Waals surface area contributed by atoms with E-state index < -0.39 is 0 Å². The molecule has 0 aliphatic heterocycles. The van der Waals surface area contributed by atoms with E-state index in [1.165, 1.54) is 0 Å². The van der Waals surface area contributed by atoms with Crippen LogP contribution in [0.5, 0.6) is 5.75 Å². The van der Waals surface area contributed by atoms with E-state index >= 15 is 0 Å². The Morgan fingerprint density at radius 2 is 1.96 bits per heavy atom. The van der Waals surface area contributed by atoms with Gasteiger partial charge in [-0.1, -0.05) is 40.2 Å². The van der Waals surface area contributed by atoms with Crippen molar-refractivity contribution < 1.29 is 9.53 Å². The van der Waals surface area contributed by atoms with Gasteiger partial charge in [-0.05, 0) is 36.9 Å². The number of hydrogen-bond acceptors (Lipinski definition) is 3. The zero-order chi connectivity index (χ0) is 16.7. The number of rotatable bonds is 7. The summed E-state index contributed by atoms with van der Waals surface area (Å²) in [6, 6.07) is 15.3. The van der Waals surface area contributed by atoms with Crippen LogP contribution in [0.4, 0.5) is 0 Å². The number of ether oxygens (including phenoxy) is 1. The zero-order valence-corrected chi connectivity index (χ0v) is 16.2. The molecule has 0 aromatic heterocycles. The van der Waals surface area contributed by atoms with Gasteiger partial charge in [-0.3, -0.25) is 4.79 Å². The highest BCUT2D eigenvalue weighted by atomic mass is 79.9. The summed E-state index contributed by atoms with van der Waals surface area (Å²) in [4.78, 5) is 14.2. The third-order valence-corrected chi connectivity index (χ3v) is 3.94. The van der Waals surface area contributed by atoms with Crippen molar-refractivity contribution in [3.05, 3.63) is 64.1 Å². The van der Waals surface area contributed by atoms with Crippen LogP contribution >= 0.6 is 28.3 Å². The lowest BCUT2D eigenvalue weighted by atomic mass is 10.1. The van der Waals surface area contributed by atoms with Gasteiger partial charge in [-0.15, -0.1) is 12.4 Å². The molecule has 6 heteroatoms. The van der Waals surface area contributed by atoms with E-state index in [0.717, 1.165) is 16.6 Å². The Kier molecular flexibility index (Phi) is 8.82. The lowest BCUT2D eigenvalue weighted by Gasteiger charge is -2.19. The number of likely N-dealkylation sites (N-methyl/N-ethyl adjacent to an activating group) is 2. The van der Waals surface area contributed by atoms with E-state index in [1.807, 2.05) is 49.5 Å². The van der Waals surface area contributed by atoms with Crippen molar-refractivity contribution >= 4 is 34.2 Å². The molecule has 4 nitrogen and oxygen atoms in total. The van der Waals surface area contributed by atoms with Crippen molar-refractivity contribution in [2.24, 2.45) is 0 Å². The van der Waals surface area contributed by atoms with Gasteiger partial charge in [0.2, 0.25) is 0 Å². The van der Waals surface area contributed by atoms with Crippen LogP contribution in [0.2, 0.25) is 0 Å². The molecule has 1 amide bonds. The van der Waals surface area contributed by atoms with E-state index in [0.29, 0.717) is 24.5 Å². The molecule has 2 aromatic carbocycles. The number of nitrogens with zero attached hydrogens (tertiary/aromatic N) is 1. The average molecular weight is 414 g/mol. The molecule has 0 aliphatic carbocycles. The number of para-hydroxylation sites is 1. The van der Waals surface area contributed by atoms with Crippen LogP contribution in [0.1, 0.15) is 15.9 Å². The fourth-order valence-corrected chi connectivity index (χ4v) is 2.59. The highest BCUT2D eigenvalue weighted by molar-refractivity contribution is 9.10. The number of hydrogen-bond donors (Lipinski definition) is 1. The number of amides is 1. The average Bonchev–Trinajstić information content (AvgIpc) is 2.57. The van der Waals surface area contributed by atoms with E-state index in [9.17, 15) is 4.79 Å². The Morgan fingerprint density at radius 1 is 1.21 bits per heavy atom. The molecular weight excluding hydrogens is 392 g/mol. The summed E-state index contributed by atoms with van der Waals surface area (Å²) in [6.45, 7) is 1.82. The Hall–Kier alpha value is -1.56. The predicted octanol–water partition coefficient (Wildman–Crippen LogP) is 3.74. The van der Waals surface area contributed by atoms with Gasteiger partial charge in [-0.2, -0.15) is 0 Å². The normalized spacial score (nSPS) is 9.96. The molecule has 0 saturated carbocycles. The molecular formula is C18H22BrClN2O2. The van der Waals surface area contributed by atoms with Gasteiger partial charge >= 0.3 is 0 Å². The Morgan fingerprint density at radius 3 is 2.67 bits per heavy atom. The standard InChI is InChI=1S/C18H21BrN2O2.ClH/c1-20-10-11-21(2)18(22)16-8-3-4-9-17(16)23-13-14-6-5-7-15(19)12-14;/h3-9,12,20H,10-11,13H2,1-2H3;1H. The maximum absolute atomic E-state index is 12.5. The minimum absolute atomic E-state index is 0. The summed E-state index contributed by atoms with van der Waals surface area (Å²) in [5.74, 6) is 0.568. The topological polar surface area (TPSA) is 41.6 Å². The van der Waals surface area contributed by atoms with Crippen LogP contribution in [0.15, 0.2) is 53.0 Å². The summed E-state index contributed by atoms with van der Waals surface area (Å²) in [5, 5.41) is 3.04. The fourth-order valence-electron chi connectivity index (χ4n) is 2.14. The van der Waals surface area contributed by atoms with Gasteiger partial charge in [0.15, 0.2) is 0 Å². The largest absolute Gasteiger partial charge is 0.488 e. The molecule has 130 valence electrons. The highest BCUT2D eigenvalue weighted by Gasteiger charge is 2.16. The third-order valence-electron chi connectivity index (χ3n) is 3.44. The van der Waals surface area contributed by atoms with Crippen LogP contribution in [0, 0.1) is 0 Å². The van der Waals surface area contributed by atoms with Crippen molar-refractivity contribution in [3.63, 3.8) is 0 Å². The predicted molar refractivity (Wildman–Crippen MR) is 103 cm³/mol. The van der Waals surface area contributed by atoms with E-state index in [-0.39, 0.29) is 18.3 Å². The second-order valence-electron chi connectivity index (χ2n) is 5.25. The Labute approximate surface area is 157 Å². The van der Waals surface area contributed by atoms with Crippen molar-refractivity contribution in [2.75, 3.05) is 27.2 Å². The van der Waals surface area contributed by atoms with E-state index in [1.54, 1.807) is 18.0 Å². The lowest BCUT2D eigenvalue weighted by molar-refractivity contribution is 0.0792. The van der Waals surface area contributed by atoms with Crippen molar-refractivity contribution in [1.82, 2.24) is 10.2 Å². The van der Waals surface area contributed by atoms with Gasteiger partial charge in [-0.25, -0.2) is 0 Å². The number of carbonyl (C=O) groups excluding carboxylic acids is 1. The first kappa shape index (κ1) is 20.5. The maximum atomic E-state index is 12.5. The van der Waals surface area contributed by atoms with Gasteiger partial charge in [0.25, 0.3) is 5.91 Å². The monoisotopic (exact) mass is 412 g/mol. The quantitative estimate of drug-likeness (QED) is 0.752. The number of benzene rings is 2. The number of halogens is 2.